The minimum absolute atomic E-state index is 0.0178. The minimum atomic E-state index is -0.863. The molecule has 4 rings (SSSR count). The molecule has 1 unspecified atom stereocenters. The molecular formula is C18H21ClFN5O. The summed E-state index contributed by atoms with van der Waals surface area (Å²) in [5.74, 6) is 0.0888. The first kappa shape index (κ1) is 17.3. The van der Waals surface area contributed by atoms with Gasteiger partial charge in [0, 0.05) is 37.9 Å². The first-order valence-corrected chi connectivity index (χ1v) is 9.32. The normalized spacial score (nSPS) is 21.4. The Morgan fingerprint density at radius 3 is 2.62 bits per heavy atom. The Balaban J connectivity index is 1.45. The topological polar surface area (TPSA) is 54.3 Å². The predicted molar refractivity (Wildman–Crippen MR) is 97.4 cm³/mol. The van der Waals surface area contributed by atoms with Gasteiger partial charge in [-0.3, -0.25) is 9.78 Å². The summed E-state index contributed by atoms with van der Waals surface area (Å²) in [7, 11) is 0. The highest BCUT2D eigenvalue weighted by Crippen LogP contribution is 2.29. The third-order valence-electron chi connectivity index (χ3n) is 5.20. The molecule has 0 bridgehead atoms. The lowest BCUT2D eigenvalue weighted by Gasteiger charge is -2.35. The van der Waals surface area contributed by atoms with E-state index in [0.717, 1.165) is 37.3 Å². The van der Waals surface area contributed by atoms with Gasteiger partial charge in [0.25, 0.3) is 0 Å². The Morgan fingerprint density at radius 2 is 1.96 bits per heavy atom. The summed E-state index contributed by atoms with van der Waals surface area (Å²) in [5, 5.41) is 4.86. The second kappa shape index (κ2) is 7.23. The van der Waals surface area contributed by atoms with Crippen molar-refractivity contribution in [3.63, 3.8) is 0 Å². The van der Waals surface area contributed by atoms with E-state index < -0.39 is 6.17 Å². The van der Waals surface area contributed by atoms with Crippen LogP contribution in [0.25, 0.3) is 5.69 Å². The molecule has 0 N–H and O–H groups in total. The van der Waals surface area contributed by atoms with Gasteiger partial charge in [-0.15, -0.1) is 0 Å². The van der Waals surface area contributed by atoms with Crippen molar-refractivity contribution >= 4 is 23.2 Å². The van der Waals surface area contributed by atoms with Crippen LogP contribution in [0.1, 0.15) is 19.3 Å². The minimum Gasteiger partial charge on any atom is -0.368 e. The Kier molecular flexibility index (Phi) is 4.80. The van der Waals surface area contributed by atoms with Crippen LogP contribution in [0, 0.1) is 5.92 Å². The summed E-state index contributed by atoms with van der Waals surface area (Å²) in [5.41, 5.74) is 1.89. The van der Waals surface area contributed by atoms with Gasteiger partial charge in [0.15, 0.2) is 0 Å². The number of nitrogens with zero attached hydrogens (tertiary/aromatic N) is 5. The monoisotopic (exact) mass is 377 g/mol. The third-order valence-corrected chi connectivity index (χ3v) is 5.40. The number of likely N-dealkylation sites (tertiary alicyclic amines) is 1. The van der Waals surface area contributed by atoms with Gasteiger partial charge in [-0.05, 0) is 25.3 Å². The maximum atomic E-state index is 13.4. The number of piperidine rings is 1. The zero-order valence-electron chi connectivity index (χ0n) is 14.4. The molecule has 0 aromatic carbocycles. The molecule has 1 atom stereocenters. The molecule has 2 saturated heterocycles. The molecule has 138 valence electrons. The van der Waals surface area contributed by atoms with Crippen molar-refractivity contribution in [1.29, 1.82) is 0 Å². The molecule has 26 heavy (non-hydrogen) atoms. The van der Waals surface area contributed by atoms with Crippen LogP contribution < -0.4 is 4.90 Å². The first-order valence-electron chi connectivity index (χ1n) is 8.94. The average molecular weight is 378 g/mol. The second-order valence-electron chi connectivity index (χ2n) is 6.90. The fourth-order valence-electron chi connectivity index (χ4n) is 3.79. The Bertz CT molecular complexity index is 789. The van der Waals surface area contributed by atoms with E-state index in [4.69, 9.17) is 11.6 Å². The first-order chi connectivity index (χ1) is 12.6. The van der Waals surface area contributed by atoms with Gasteiger partial charge in [-0.1, -0.05) is 11.6 Å². The number of pyridine rings is 1. The number of amides is 1. The van der Waals surface area contributed by atoms with Crippen LogP contribution >= 0.6 is 11.6 Å². The van der Waals surface area contributed by atoms with Gasteiger partial charge < -0.3 is 9.80 Å². The highest BCUT2D eigenvalue weighted by molar-refractivity contribution is 6.30. The van der Waals surface area contributed by atoms with Crippen molar-refractivity contribution in [3.8, 4) is 5.69 Å². The molecule has 1 amide bonds. The zero-order chi connectivity index (χ0) is 18.1. The maximum Gasteiger partial charge on any atom is 0.225 e. The van der Waals surface area contributed by atoms with Gasteiger partial charge in [0.05, 0.1) is 35.3 Å². The number of alkyl halides is 1. The van der Waals surface area contributed by atoms with E-state index in [1.165, 1.54) is 0 Å². The molecule has 2 aliphatic rings. The molecule has 2 aromatic rings. The predicted octanol–water partition coefficient (Wildman–Crippen LogP) is 2.71. The Morgan fingerprint density at radius 1 is 1.15 bits per heavy atom. The Labute approximate surface area is 156 Å². The molecule has 0 aliphatic carbocycles. The summed E-state index contributed by atoms with van der Waals surface area (Å²) in [6.45, 7) is 2.33. The molecule has 0 radical (unpaired) electrons. The molecule has 0 spiro atoms. The molecular weight excluding hydrogens is 357 g/mol. The van der Waals surface area contributed by atoms with Crippen LogP contribution in [0.2, 0.25) is 5.02 Å². The van der Waals surface area contributed by atoms with Gasteiger partial charge >= 0.3 is 0 Å². The SMILES string of the molecule is O=C(C1CCN(c2cnccc2-n2cc(Cl)cn2)CC1)N1CCC(F)C1. The van der Waals surface area contributed by atoms with Crippen molar-refractivity contribution in [3.05, 3.63) is 35.9 Å². The zero-order valence-corrected chi connectivity index (χ0v) is 15.1. The van der Waals surface area contributed by atoms with Crippen molar-refractivity contribution in [2.75, 3.05) is 31.1 Å². The quantitative estimate of drug-likeness (QED) is 0.825. The maximum absolute atomic E-state index is 13.4. The molecule has 8 heteroatoms. The molecule has 0 saturated carbocycles. The molecule has 4 heterocycles. The summed E-state index contributed by atoms with van der Waals surface area (Å²) >= 11 is 5.99. The van der Waals surface area contributed by atoms with Crippen molar-refractivity contribution in [1.82, 2.24) is 19.7 Å². The van der Waals surface area contributed by atoms with Crippen LogP contribution in [-0.4, -0.2) is 57.9 Å². The molecule has 2 aromatic heterocycles. The van der Waals surface area contributed by atoms with Crippen molar-refractivity contribution in [2.24, 2.45) is 5.92 Å². The van der Waals surface area contributed by atoms with Gasteiger partial charge in [0.2, 0.25) is 5.91 Å². The summed E-state index contributed by atoms with van der Waals surface area (Å²) in [6.07, 6.45) is 8.05. The van der Waals surface area contributed by atoms with E-state index in [9.17, 15) is 9.18 Å². The fourth-order valence-corrected chi connectivity index (χ4v) is 3.93. The lowest BCUT2D eigenvalue weighted by Crippen LogP contribution is -2.42. The van der Waals surface area contributed by atoms with Crippen LogP contribution in [-0.2, 0) is 4.79 Å². The van der Waals surface area contributed by atoms with E-state index in [1.54, 1.807) is 28.2 Å². The lowest BCUT2D eigenvalue weighted by atomic mass is 9.95. The number of carbonyl (C=O) groups excluding carboxylic acids is 1. The van der Waals surface area contributed by atoms with Crippen LogP contribution in [0.5, 0.6) is 0 Å². The van der Waals surface area contributed by atoms with Gasteiger partial charge in [0.1, 0.15) is 6.17 Å². The van der Waals surface area contributed by atoms with E-state index in [0.29, 0.717) is 18.0 Å². The van der Waals surface area contributed by atoms with E-state index in [2.05, 4.69) is 15.0 Å². The average Bonchev–Trinajstić information content (AvgIpc) is 3.30. The number of carbonyl (C=O) groups is 1. The number of rotatable bonds is 3. The molecule has 6 nitrogen and oxygen atoms in total. The van der Waals surface area contributed by atoms with Gasteiger partial charge in [-0.25, -0.2) is 9.07 Å². The molecule has 2 fully saturated rings. The standard InChI is InChI=1S/C18H21ClFN5O/c19-14-9-22-25(11-14)16-1-5-21-10-17(16)23-6-2-13(3-7-23)18(26)24-8-4-15(20)12-24/h1,5,9-11,13,15H,2-4,6-8,12H2. The Hall–Kier alpha value is -2.15. The largest absolute Gasteiger partial charge is 0.368 e. The van der Waals surface area contributed by atoms with Crippen LogP contribution in [0.15, 0.2) is 30.9 Å². The third kappa shape index (κ3) is 3.40. The number of anilines is 1. The van der Waals surface area contributed by atoms with E-state index in [1.807, 2.05) is 12.3 Å². The summed E-state index contributed by atoms with van der Waals surface area (Å²) in [4.78, 5) is 20.7. The van der Waals surface area contributed by atoms with Crippen molar-refractivity contribution in [2.45, 2.75) is 25.4 Å². The molecule has 2 aliphatic heterocycles. The van der Waals surface area contributed by atoms with E-state index >= 15 is 0 Å². The number of hydrogen-bond donors (Lipinski definition) is 0. The summed E-state index contributed by atoms with van der Waals surface area (Å²) < 4.78 is 15.1. The van der Waals surface area contributed by atoms with Crippen molar-refractivity contribution < 1.29 is 9.18 Å². The highest BCUT2D eigenvalue weighted by atomic mass is 35.5. The number of aromatic nitrogens is 3. The lowest BCUT2D eigenvalue weighted by molar-refractivity contribution is -0.135. The highest BCUT2D eigenvalue weighted by Gasteiger charge is 2.33. The second-order valence-corrected chi connectivity index (χ2v) is 7.34. The van der Waals surface area contributed by atoms with E-state index in [-0.39, 0.29) is 18.4 Å². The number of halogens is 2. The number of hydrogen-bond acceptors (Lipinski definition) is 4. The van der Waals surface area contributed by atoms with Crippen LogP contribution in [0.4, 0.5) is 10.1 Å². The smallest absolute Gasteiger partial charge is 0.225 e. The summed E-state index contributed by atoms with van der Waals surface area (Å²) in [6, 6.07) is 1.90. The van der Waals surface area contributed by atoms with Crippen LogP contribution in [0.3, 0.4) is 0 Å². The van der Waals surface area contributed by atoms with Gasteiger partial charge in [-0.2, -0.15) is 5.10 Å². The fraction of sp³-hybridized carbons (Fsp3) is 0.500.